The molecule has 0 aliphatic heterocycles. The molecule has 2 heterocycles. The Bertz CT molecular complexity index is 408. The number of nitrogens with zero attached hydrogens (tertiary/aromatic N) is 2. The van der Waals surface area contributed by atoms with Gasteiger partial charge in [-0.05, 0) is 17.4 Å². The topological polar surface area (TPSA) is 51.8 Å². The normalized spacial score (nSPS) is 10.8. The largest absolute Gasteiger partial charge is 0.382 e. The van der Waals surface area contributed by atoms with Gasteiger partial charge in [-0.3, -0.25) is 0 Å². The molecule has 0 aliphatic carbocycles. The Morgan fingerprint density at radius 3 is 3.08 bits per heavy atom. The summed E-state index contributed by atoms with van der Waals surface area (Å²) in [7, 11) is 0. The smallest absolute Gasteiger partial charge is 0.144 e. The molecule has 2 aromatic heterocycles. The van der Waals surface area contributed by atoms with Gasteiger partial charge in [-0.25, -0.2) is 9.97 Å². The highest BCUT2D eigenvalue weighted by molar-refractivity contribution is 7.17. The maximum Gasteiger partial charge on any atom is 0.144 e. The number of aryl methyl sites for hydroxylation is 1. The van der Waals surface area contributed by atoms with Gasteiger partial charge < -0.3 is 5.73 Å². The summed E-state index contributed by atoms with van der Waals surface area (Å²) in [5, 5.41) is 2.09. The van der Waals surface area contributed by atoms with Crippen molar-refractivity contribution in [2.75, 3.05) is 5.73 Å². The van der Waals surface area contributed by atoms with Gasteiger partial charge in [0, 0.05) is 0 Å². The number of nitrogen functional groups attached to an aromatic ring is 1. The van der Waals surface area contributed by atoms with Crippen molar-refractivity contribution in [2.24, 2.45) is 0 Å². The number of anilines is 1. The summed E-state index contributed by atoms with van der Waals surface area (Å²) in [5.74, 6) is 0.588. The predicted octanol–water partition coefficient (Wildman–Crippen LogP) is 1.84. The third-order valence-corrected chi connectivity index (χ3v) is 2.88. The van der Waals surface area contributed by atoms with E-state index in [9.17, 15) is 0 Å². The lowest BCUT2D eigenvalue weighted by molar-refractivity contribution is 1.14. The summed E-state index contributed by atoms with van der Waals surface area (Å²) in [5.41, 5.74) is 7.95. The Kier molecular flexibility index (Phi) is 1.69. The molecule has 62 valence electrons. The molecule has 2 rings (SSSR count). The van der Waals surface area contributed by atoms with Crippen molar-refractivity contribution in [3.63, 3.8) is 0 Å². The molecule has 3 nitrogen and oxygen atoms in total. The molecule has 0 unspecified atom stereocenters. The Labute approximate surface area is 74.3 Å². The maximum atomic E-state index is 5.68. The van der Waals surface area contributed by atoms with Crippen molar-refractivity contribution in [1.82, 2.24) is 9.97 Å². The molecule has 0 saturated carbocycles. The van der Waals surface area contributed by atoms with Gasteiger partial charge in [0.1, 0.15) is 12.1 Å². The Balaban J connectivity index is 2.80. The highest BCUT2D eigenvalue weighted by Crippen LogP contribution is 2.27. The summed E-state index contributed by atoms with van der Waals surface area (Å²) < 4.78 is 1.01. The molecule has 0 saturated heterocycles. The Hall–Kier alpha value is -1.16. The third kappa shape index (κ3) is 0.956. The number of fused-ring (bicyclic) bond motifs is 1. The first-order chi connectivity index (χ1) is 5.83. The lowest BCUT2D eigenvalue weighted by atomic mass is 10.2. The van der Waals surface area contributed by atoms with E-state index in [1.807, 2.05) is 0 Å². The summed E-state index contributed by atoms with van der Waals surface area (Å²) in [4.78, 5) is 8.12. The van der Waals surface area contributed by atoms with Crippen molar-refractivity contribution < 1.29 is 0 Å². The molecule has 0 aromatic carbocycles. The van der Waals surface area contributed by atoms with Crippen molar-refractivity contribution >= 4 is 27.4 Å². The van der Waals surface area contributed by atoms with Crippen LogP contribution in [0.25, 0.3) is 10.2 Å². The number of thiophene rings is 1. The Morgan fingerprint density at radius 1 is 1.50 bits per heavy atom. The van der Waals surface area contributed by atoms with Crippen LogP contribution in [0.5, 0.6) is 0 Å². The molecule has 0 radical (unpaired) electrons. The zero-order valence-electron chi connectivity index (χ0n) is 6.74. The van der Waals surface area contributed by atoms with Gasteiger partial charge in [-0.2, -0.15) is 0 Å². The van der Waals surface area contributed by atoms with E-state index in [-0.39, 0.29) is 0 Å². The van der Waals surface area contributed by atoms with Gasteiger partial charge >= 0.3 is 0 Å². The van der Waals surface area contributed by atoms with Crippen molar-refractivity contribution in [2.45, 2.75) is 13.3 Å². The minimum absolute atomic E-state index is 0.588. The quantitative estimate of drug-likeness (QED) is 0.726. The summed E-state index contributed by atoms with van der Waals surface area (Å²) in [6, 6.07) is 0. The molecule has 2 aromatic rings. The highest BCUT2D eigenvalue weighted by Gasteiger charge is 2.05. The molecular weight excluding hydrogens is 170 g/mol. The molecule has 0 fully saturated rings. The fourth-order valence-electron chi connectivity index (χ4n) is 1.17. The molecule has 0 amide bonds. The molecule has 0 atom stereocenters. The van der Waals surface area contributed by atoms with Crippen molar-refractivity contribution in [3.05, 3.63) is 17.3 Å². The monoisotopic (exact) mass is 179 g/mol. The van der Waals surface area contributed by atoms with Crippen LogP contribution in [0.3, 0.4) is 0 Å². The van der Waals surface area contributed by atoms with Gasteiger partial charge in [-0.1, -0.05) is 6.92 Å². The minimum atomic E-state index is 0.588. The number of rotatable bonds is 1. The second-order valence-electron chi connectivity index (χ2n) is 2.55. The lowest BCUT2D eigenvalue weighted by Gasteiger charge is -1.94. The van der Waals surface area contributed by atoms with E-state index < -0.39 is 0 Å². The lowest BCUT2D eigenvalue weighted by Crippen LogP contribution is -1.91. The van der Waals surface area contributed by atoms with Gasteiger partial charge in [-0.15, -0.1) is 11.3 Å². The van der Waals surface area contributed by atoms with Crippen LogP contribution < -0.4 is 5.73 Å². The standard InChI is InChI=1S/C8H9N3S/c1-2-5-3-12-7-6(5)10-4-11-8(7)9/h3-4H,2H2,1H3,(H2,9,10,11). The second kappa shape index (κ2) is 2.71. The first-order valence-corrected chi connectivity index (χ1v) is 4.67. The molecule has 0 bridgehead atoms. The van der Waals surface area contributed by atoms with E-state index in [0.717, 1.165) is 16.6 Å². The van der Waals surface area contributed by atoms with E-state index in [1.54, 1.807) is 11.3 Å². The van der Waals surface area contributed by atoms with Crippen LogP contribution in [0.1, 0.15) is 12.5 Å². The highest BCUT2D eigenvalue weighted by atomic mass is 32.1. The first kappa shape index (κ1) is 7.49. The van der Waals surface area contributed by atoms with Gasteiger partial charge in [0.15, 0.2) is 0 Å². The van der Waals surface area contributed by atoms with E-state index >= 15 is 0 Å². The number of hydrogen-bond acceptors (Lipinski definition) is 4. The average Bonchev–Trinajstić information content (AvgIpc) is 2.49. The second-order valence-corrected chi connectivity index (χ2v) is 3.43. The molecule has 4 heteroatoms. The van der Waals surface area contributed by atoms with Crippen LogP contribution in [0, 0.1) is 0 Å². The number of aromatic nitrogens is 2. The fraction of sp³-hybridized carbons (Fsp3) is 0.250. The van der Waals surface area contributed by atoms with E-state index in [4.69, 9.17) is 5.73 Å². The van der Waals surface area contributed by atoms with Crippen molar-refractivity contribution in [1.29, 1.82) is 0 Å². The van der Waals surface area contributed by atoms with Crippen LogP contribution in [0.15, 0.2) is 11.7 Å². The van der Waals surface area contributed by atoms with E-state index in [0.29, 0.717) is 5.82 Å². The fourth-order valence-corrected chi connectivity index (χ4v) is 2.18. The zero-order valence-corrected chi connectivity index (χ0v) is 7.56. The minimum Gasteiger partial charge on any atom is -0.382 e. The maximum absolute atomic E-state index is 5.68. The van der Waals surface area contributed by atoms with Gasteiger partial charge in [0.2, 0.25) is 0 Å². The van der Waals surface area contributed by atoms with Crippen LogP contribution >= 0.6 is 11.3 Å². The molecule has 0 spiro atoms. The summed E-state index contributed by atoms with van der Waals surface area (Å²) in [6.45, 7) is 2.11. The summed E-state index contributed by atoms with van der Waals surface area (Å²) >= 11 is 1.62. The molecule has 2 N–H and O–H groups in total. The first-order valence-electron chi connectivity index (χ1n) is 3.79. The zero-order chi connectivity index (χ0) is 8.55. The SMILES string of the molecule is CCc1csc2c(N)ncnc12. The predicted molar refractivity (Wildman–Crippen MR) is 51.2 cm³/mol. The number of hydrogen-bond donors (Lipinski definition) is 1. The Morgan fingerprint density at radius 2 is 2.33 bits per heavy atom. The number of nitrogens with two attached hydrogens (primary N) is 1. The van der Waals surface area contributed by atoms with Crippen LogP contribution in [0.4, 0.5) is 5.82 Å². The summed E-state index contributed by atoms with van der Waals surface area (Å²) in [6.07, 6.45) is 2.51. The average molecular weight is 179 g/mol. The van der Waals surface area contributed by atoms with Crippen LogP contribution in [-0.4, -0.2) is 9.97 Å². The van der Waals surface area contributed by atoms with Gasteiger partial charge in [0.05, 0.1) is 10.2 Å². The van der Waals surface area contributed by atoms with Crippen LogP contribution in [-0.2, 0) is 6.42 Å². The van der Waals surface area contributed by atoms with Crippen molar-refractivity contribution in [3.8, 4) is 0 Å². The molecule has 0 aliphatic rings. The van der Waals surface area contributed by atoms with Gasteiger partial charge in [0.25, 0.3) is 0 Å². The van der Waals surface area contributed by atoms with E-state index in [1.165, 1.54) is 11.9 Å². The van der Waals surface area contributed by atoms with Crippen LogP contribution in [0.2, 0.25) is 0 Å². The van der Waals surface area contributed by atoms with E-state index in [2.05, 4.69) is 22.3 Å². The molecule has 12 heavy (non-hydrogen) atoms. The molecular formula is C8H9N3S. The third-order valence-electron chi connectivity index (χ3n) is 1.84.